The third-order valence-electron chi connectivity index (χ3n) is 4.21. The fourth-order valence-corrected chi connectivity index (χ4v) is 3.09. The molecule has 4 rings (SSSR count). The first-order valence-corrected chi connectivity index (χ1v) is 8.44. The minimum Gasteiger partial charge on any atom is -0.326 e. The van der Waals surface area contributed by atoms with Gasteiger partial charge >= 0.3 is 0 Å². The first-order chi connectivity index (χ1) is 12.7. The molecular weight excluding hydrogens is 336 g/mol. The van der Waals surface area contributed by atoms with Crippen molar-refractivity contribution in [1.82, 2.24) is 24.1 Å². The van der Waals surface area contributed by atoms with Gasteiger partial charge < -0.3 is 9.13 Å². The van der Waals surface area contributed by atoms with Crippen molar-refractivity contribution in [2.24, 2.45) is 0 Å². The predicted octanol–water partition coefficient (Wildman–Crippen LogP) is 4.03. The van der Waals surface area contributed by atoms with E-state index in [1.54, 1.807) is 30.6 Å². The Morgan fingerprint density at radius 1 is 1.08 bits per heavy atom. The van der Waals surface area contributed by atoms with Gasteiger partial charge in [0.2, 0.25) is 5.95 Å². The monoisotopic (exact) mass is 353 g/mol. The van der Waals surface area contributed by atoms with Crippen LogP contribution in [0.1, 0.15) is 19.2 Å². The summed E-state index contributed by atoms with van der Waals surface area (Å²) in [6.45, 7) is 3.23. The van der Waals surface area contributed by atoms with Crippen molar-refractivity contribution in [1.29, 1.82) is 0 Å². The summed E-state index contributed by atoms with van der Waals surface area (Å²) in [5, 5.41) is 0. The molecule has 0 aliphatic heterocycles. The van der Waals surface area contributed by atoms with Gasteiger partial charge in [0.15, 0.2) is 5.82 Å². The number of benzene rings is 1. The number of fused-ring (bicyclic) bond motifs is 1. The maximum absolute atomic E-state index is 13.7. The van der Waals surface area contributed by atoms with Gasteiger partial charge in [-0.2, -0.15) is 4.39 Å². The zero-order chi connectivity index (χ0) is 18.1. The van der Waals surface area contributed by atoms with E-state index in [2.05, 4.69) is 21.9 Å². The molecule has 0 unspecified atom stereocenters. The standard InChI is InChI=1S/C19H17F2N5/c1-2-9-26-16-11-13(20)6-7-14(16)24-18(26)12-25-10-8-22-19(25)15-4-3-5-17(21)23-15/h3-8,10-11H,2,9,12H2,1H3. The maximum Gasteiger partial charge on any atom is 0.213 e. The van der Waals surface area contributed by atoms with E-state index in [1.165, 1.54) is 18.2 Å². The van der Waals surface area contributed by atoms with Crippen LogP contribution >= 0.6 is 0 Å². The number of aromatic nitrogens is 5. The van der Waals surface area contributed by atoms with Gasteiger partial charge in [0.05, 0.1) is 17.6 Å². The summed E-state index contributed by atoms with van der Waals surface area (Å²) in [7, 11) is 0. The lowest BCUT2D eigenvalue weighted by atomic mass is 10.3. The van der Waals surface area contributed by atoms with E-state index in [-0.39, 0.29) is 5.82 Å². The van der Waals surface area contributed by atoms with Gasteiger partial charge in [-0.25, -0.2) is 19.3 Å². The minimum atomic E-state index is -0.550. The van der Waals surface area contributed by atoms with Crippen LogP contribution < -0.4 is 0 Å². The van der Waals surface area contributed by atoms with E-state index in [0.29, 0.717) is 18.1 Å². The number of pyridine rings is 1. The molecule has 1 aromatic carbocycles. The highest BCUT2D eigenvalue weighted by molar-refractivity contribution is 5.76. The lowest BCUT2D eigenvalue weighted by Crippen LogP contribution is -2.10. The maximum atomic E-state index is 13.7. The molecule has 3 heterocycles. The lowest BCUT2D eigenvalue weighted by molar-refractivity contribution is 0.583. The SMILES string of the molecule is CCCn1c(Cn2ccnc2-c2cccc(F)n2)nc2ccc(F)cc21. The summed E-state index contributed by atoms with van der Waals surface area (Å²) < 4.78 is 31.0. The van der Waals surface area contributed by atoms with E-state index in [1.807, 2.05) is 9.13 Å². The number of hydrogen-bond donors (Lipinski definition) is 0. The number of nitrogens with zero attached hydrogens (tertiary/aromatic N) is 5. The highest BCUT2D eigenvalue weighted by Crippen LogP contribution is 2.21. The Hall–Kier alpha value is -3.09. The van der Waals surface area contributed by atoms with Crippen molar-refractivity contribution in [3.8, 4) is 11.5 Å². The summed E-state index contributed by atoms with van der Waals surface area (Å²) in [4.78, 5) is 12.9. The minimum absolute atomic E-state index is 0.284. The van der Waals surface area contributed by atoms with E-state index in [4.69, 9.17) is 0 Å². The van der Waals surface area contributed by atoms with Crippen molar-refractivity contribution in [3.63, 3.8) is 0 Å². The molecule has 4 aromatic rings. The summed E-state index contributed by atoms with van der Waals surface area (Å²) in [6.07, 6.45) is 4.35. The van der Waals surface area contributed by atoms with Crippen molar-refractivity contribution in [2.45, 2.75) is 26.4 Å². The molecule has 5 nitrogen and oxygen atoms in total. The molecule has 0 radical (unpaired) electrons. The van der Waals surface area contributed by atoms with E-state index in [9.17, 15) is 8.78 Å². The Kier molecular flexibility index (Phi) is 4.20. The molecule has 7 heteroatoms. The van der Waals surface area contributed by atoms with Crippen LogP contribution in [-0.2, 0) is 13.1 Å². The van der Waals surface area contributed by atoms with Gasteiger partial charge in [0.25, 0.3) is 0 Å². The van der Waals surface area contributed by atoms with Gasteiger partial charge in [-0.3, -0.25) is 0 Å². The topological polar surface area (TPSA) is 48.5 Å². The van der Waals surface area contributed by atoms with E-state index >= 15 is 0 Å². The molecule has 3 aromatic heterocycles. The Morgan fingerprint density at radius 2 is 1.96 bits per heavy atom. The van der Waals surface area contributed by atoms with Crippen molar-refractivity contribution >= 4 is 11.0 Å². The van der Waals surface area contributed by atoms with Gasteiger partial charge in [-0.05, 0) is 36.8 Å². The molecular formula is C19H17F2N5. The zero-order valence-corrected chi connectivity index (χ0v) is 14.2. The van der Waals surface area contributed by atoms with E-state index < -0.39 is 5.95 Å². The smallest absolute Gasteiger partial charge is 0.213 e. The molecule has 26 heavy (non-hydrogen) atoms. The average Bonchev–Trinajstić information content (AvgIpc) is 3.21. The third-order valence-corrected chi connectivity index (χ3v) is 4.21. The Bertz CT molecular complexity index is 1070. The van der Waals surface area contributed by atoms with Crippen molar-refractivity contribution in [3.05, 3.63) is 66.4 Å². The molecule has 0 atom stereocenters. The first-order valence-electron chi connectivity index (χ1n) is 8.44. The summed E-state index contributed by atoms with van der Waals surface area (Å²) in [5.41, 5.74) is 1.98. The normalized spacial score (nSPS) is 11.3. The van der Waals surface area contributed by atoms with Crippen LogP contribution in [-0.4, -0.2) is 24.1 Å². The second-order valence-corrected chi connectivity index (χ2v) is 6.04. The van der Waals surface area contributed by atoms with Crippen molar-refractivity contribution < 1.29 is 8.78 Å². The third kappa shape index (κ3) is 2.96. The molecule has 0 spiro atoms. The summed E-state index contributed by atoms with van der Waals surface area (Å²) in [5.74, 6) is 0.521. The highest BCUT2D eigenvalue weighted by atomic mass is 19.1. The largest absolute Gasteiger partial charge is 0.326 e. The predicted molar refractivity (Wildman–Crippen MR) is 94.5 cm³/mol. The zero-order valence-electron chi connectivity index (χ0n) is 14.2. The van der Waals surface area contributed by atoms with Crippen molar-refractivity contribution in [2.75, 3.05) is 0 Å². The van der Waals surface area contributed by atoms with E-state index in [0.717, 1.165) is 29.8 Å². The molecule has 0 aliphatic rings. The van der Waals surface area contributed by atoms with Gasteiger partial charge in [0, 0.05) is 18.9 Å². The number of rotatable bonds is 5. The highest BCUT2D eigenvalue weighted by Gasteiger charge is 2.14. The molecule has 0 aliphatic carbocycles. The number of halogens is 2. The average molecular weight is 353 g/mol. The molecule has 0 bridgehead atoms. The van der Waals surface area contributed by atoms with Crippen LogP contribution in [0.2, 0.25) is 0 Å². The van der Waals surface area contributed by atoms with Crippen LogP contribution in [0.25, 0.3) is 22.6 Å². The molecule has 0 saturated heterocycles. The first kappa shape index (κ1) is 16.4. The lowest BCUT2D eigenvalue weighted by Gasteiger charge is -2.10. The van der Waals surface area contributed by atoms with Crippen LogP contribution in [0.5, 0.6) is 0 Å². The van der Waals surface area contributed by atoms with Gasteiger partial charge in [-0.15, -0.1) is 0 Å². The fraction of sp³-hybridized carbons (Fsp3) is 0.211. The molecule has 0 N–H and O–H groups in total. The Labute approximate surface area is 149 Å². The Balaban J connectivity index is 1.77. The molecule has 0 saturated carbocycles. The quantitative estimate of drug-likeness (QED) is 0.509. The summed E-state index contributed by atoms with van der Waals surface area (Å²) in [6, 6.07) is 9.21. The fourth-order valence-electron chi connectivity index (χ4n) is 3.09. The molecule has 0 fully saturated rings. The van der Waals surface area contributed by atoms with Crippen LogP contribution in [0.4, 0.5) is 8.78 Å². The van der Waals surface area contributed by atoms with Gasteiger partial charge in [0.1, 0.15) is 17.3 Å². The number of hydrogen-bond acceptors (Lipinski definition) is 3. The summed E-state index contributed by atoms with van der Waals surface area (Å²) >= 11 is 0. The number of aryl methyl sites for hydroxylation is 1. The molecule has 132 valence electrons. The molecule has 0 amide bonds. The second-order valence-electron chi connectivity index (χ2n) is 6.04. The van der Waals surface area contributed by atoms with Crippen LogP contribution in [0, 0.1) is 11.8 Å². The number of imidazole rings is 2. The second kappa shape index (κ2) is 6.67. The van der Waals surface area contributed by atoms with Gasteiger partial charge in [-0.1, -0.05) is 13.0 Å². The van der Waals surface area contributed by atoms with Crippen LogP contribution in [0.15, 0.2) is 48.8 Å². The van der Waals surface area contributed by atoms with Crippen LogP contribution in [0.3, 0.4) is 0 Å². The Morgan fingerprint density at radius 3 is 2.77 bits per heavy atom.